The zero-order valence-corrected chi connectivity index (χ0v) is 11.5. The molecule has 1 unspecified atom stereocenters. The minimum absolute atomic E-state index is 0.213. The molecule has 19 heavy (non-hydrogen) atoms. The molecule has 1 aromatic heterocycles. The Labute approximate surface area is 114 Å². The Kier molecular flexibility index (Phi) is 3.74. The van der Waals surface area contributed by atoms with Gasteiger partial charge in [0.05, 0.1) is 6.26 Å². The van der Waals surface area contributed by atoms with Gasteiger partial charge in [0, 0.05) is 18.0 Å². The molecule has 2 heterocycles. The van der Waals surface area contributed by atoms with Crippen molar-refractivity contribution in [1.82, 2.24) is 4.90 Å². The summed E-state index contributed by atoms with van der Waals surface area (Å²) in [5, 5.41) is 1.12. The fourth-order valence-corrected chi connectivity index (χ4v) is 2.78. The van der Waals surface area contributed by atoms with Gasteiger partial charge in [-0.2, -0.15) is 0 Å². The predicted octanol–water partition coefficient (Wildman–Crippen LogP) is 3.69. The molecule has 1 saturated heterocycles. The van der Waals surface area contributed by atoms with Gasteiger partial charge in [-0.1, -0.05) is 6.42 Å². The molecule has 0 amide bonds. The van der Waals surface area contributed by atoms with Crippen LogP contribution < -0.4 is 4.74 Å². The standard InChI is InChI=1S/C16H21NO2/c1-13(12-17-8-3-2-4-9-17)19-15-6-5-14-7-10-18-16(14)11-15/h5-7,10-11,13H,2-4,8-9,12H2,1H3. The summed E-state index contributed by atoms with van der Waals surface area (Å²) < 4.78 is 11.4. The minimum Gasteiger partial charge on any atom is -0.489 e. The number of likely N-dealkylation sites (tertiary alicyclic amines) is 1. The van der Waals surface area contributed by atoms with Crippen LogP contribution in [0.5, 0.6) is 5.75 Å². The van der Waals surface area contributed by atoms with Crippen molar-refractivity contribution in [3.8, 4) is 5.75 Å². The molecule has 0 bridgehead atoms. The fourth-order valence-electron chi connectivity index (χ4n) is 2.78. The van der Waals surface area contributed by atoms with Crippen molar-refractivity contribution in [1.29, 1.82) is 0 Å². The summed E-state index contributed by atoms with van der Waals surface area (Å²) in [7, 11) is 0. The first-order valence-electron chi connectivity index (χ1n) is 7.17. The van der Waals surface area contributed by atoms with E-state index in [1.165, 1.54) is 32.4 Å². The summed E-state index contributed by atoms with van der Waals surface area (Å²) in [6.07, 6.45) is 5.95. The lowest BCUT2D eigenvalue weighted by Crippen LogP contribution is -2.37. The van der Waals surface area contributed by atoms with E-state index >= 15 is 0 Å². The van der Waals surface area contributed by atoms with Crippen LogP contribution in [0.4, 0.5) is 0 Å². The Morgan fingerprint density at radius 3 is 2.89 bits per heavy atom. The first-order valence-corrected chi connectivity index (χ1v) is 7.17. The Balaban J connectivity index is 1.59. The quantitative estimate of drug-likeness (QED) is 0.837. The summed E-state index contributed by atoms with van der Waals surface area (Å²) in [6, 6.07) is 8.00. The molecule has 0 spiro atoms. The van der Waals surface area contributed by atoms with Crippen LogP contribution >= 0.6 is 0 Å². The van der Waals surface area contributed by atoms with Gasteiger partial charge in [-0.25, -0.2) is 0 Å². The molecule has 1 fully saturated rings. The number of furan rings is 1. The minimum atomic E-state index is 0.213. The van der Waals surface area contributed by atoms with Gasteiger partial charge in [-0.15, -0.1) is 0 Å². The SMILES string of the molecule is CC(CN1CCCCC1)Oc1ccc2ccoc2c1. The highest BCUT2D eigenvalue weighted by Crippen LogP contribution is 2.22. The van der Waals surface area contributed by atoms with Crippen molar-refractivity contribution in [2.75, 3.05) is 19.6 Å². The average Bonchev–Trinajstić information content (AvgIpc) is 2.87. The van der Waals surface area contributed by atoms with E-state index in [-0.39, 0.29) is 6.10 Å². The lowest BCUT2D eigenvalue weighted by atomic mass is 10.1. The van der Waals surface area contributed by atoms with Crippen molar-refractivity contribution in [3.05, 3.63) is 30.5 Å². The number of rotatable bonds is 4. The van der Waals surface area contributed by atoms with E-state index in [4.69, 9.17) is 9.15 Å². The number of hydrogen-bond donors (Lipinski definition) is 0. The molecule has 0 N–H and O–H groups in total. The second-order valence-corrected chi connectivity index (χ2v) is 5.41. The average molecular weight is 259 g/mol. The topological polar surface area (TPSA) is 25.6 Å². The van der Waals surface area contributed by atoms with Crippen molar-refractivity contribution >= 4 is 11.0 Å². The Hall–Kier alpha value is -1.48. The third kappa shape index (κ3) is 3.10. The second kappa shape index (κ2) is 5.66. The summed E-state index contributed by atoms with van der Waals surface area (Å²) in [6.45, 7) is 5.58. The molecule has 102 valence electrons. The van der Waals surface area contributed by atoms with Crippen LogP contribution in [0.3, 0.4) is 0 Å². The molecular weight excluding hydrogens is 238 g/mol. The molecule has 3 rings (SSSR count). The van der Waals surface area contributed by atoms with Crippen LogP contribution in [0, 0.1) is 0 Å². The Morgan fingerprint density at radius 2 is 2.05 bits per heavy atom. The normalized spacial score (nSPS) is 18.6. The fraction of sp³-hybridized carbons (Fsp3) is 0.500. The molecule has 1 aliphatic rings. The molecule has 1 aromatic carbocycles. The lowest BCUT2D eigenvalue weighted by Gasteiger charge is -2.29. The van der Waals surface area contributed by atoms with Crippen LogP contribution in [-0.4, -0.2) is 30.6 Å². The number of ether oxygens (including phenoxy) is 1. The number of piperidine rings is 1. The van der Waals surface area contributed by atoms with Gasteiger partial charge in [0.15, 0.2) is 0 Å². The summed E-state index contributed by atoms with van der Waals surface area (Å²) in [4.78, 5) is 2.50. The van der Waals surface area contributed by atoms with E-state index in [9.17, 15) is 0 Å². The molecular formula is C16H21NO2. The molecule has 0 saturated carbocycles. The zero-order valence-electron chi connectivity index (χ0n) is 11.5. The van der Waals surface area contributed by atoms with E-state index in [0.29, 0.717) is 0 Å². The molecule has 1 aliphatic heterocycles. The van der Waals surface area contributed by atoms with Gasteiger partial charge in [-0.3, -0.25) is 4.90 Å². The Morgan fingerprint density at radius 1 is 1.21 bits per heavy atom. The number of benzene rings is 1. The van der Waals surface area contributed by atoms with Gasteiger partial charge in [0.1, 0.15) is 17.4 Å². The molecule has 1 atom stereocenters. The number of nitrogens with zero attached hydrogens (tertiary/aromatic N) is 1. The third-order valence-electron chi connectivity index (χ3n) is 3.73. The molecule has 2 aromatic rings. The van der Waals surface area contributed by atoms with Gasteiger partial charge < -0.3 is 9.15 Å². The molecule has 0 radical (unpaired) electrons. The van der Waals surface area contributed by atoms with E-state index in [1.807, 2.05) is 24.3 Å². The molecule has 0 aliphatic carbocycles. The van der Waals surface area contributed by atoms with Crippen LogP contribution in [0.25, 0.3) is 11.0 Å². The summed E-state index contributed by atoms with van der Waals surface area (Å²) in [5.41, 5.74) is 0.891. The van der Waals surface area contributed by atoms with E-state index in [2.05, 4.69) is 11.8 Å². The lowest BCUT2D eigenvalue weighted by molar-refractivity contribution is 0.130. The number of fused-ring (bicyclic) bond motifs is 1. The van der Waals surface area contributed by atoms with Gasteiger partial charge in [0.2, 0.25) is 0 Å². The largest absolute Gasteiger partial charge is 0.489 e. The Bertz CT molecular complexity index is 528. The van der Waals surface area contributed by atoms with Gasteiger partial charge >= 0.3 is 0 Å². The zero-order chi connectivity index (χ0) is 13.1. The van der Waals surface area contributed by atoms with Crippen LogP contribution in [-0.2, 0) is 0 Å². The maximum absolute atomic E-state index is 5.99. The maximum Gasteiger partial charge on any atom is 0.137 e. The van der Waals surface area contributed by atoms with Crippen LogP contribution in [0.1, 0.15) is 26.2 Å². The summed E-state index contributed by atoms with van der Waals surface area (Å²) >= 11 is 0. The van der Waals surface area contributed by atoms with Crippen molar-refractivity contribution in [2.45, 2.75) is 32.3 Å². The maximum atomic E-state index is 5.99. The van der Waals surface area contributed by atoms with E-state index in [0.717, 1.165) is 23.3 Å². The third-order valence-corrected chi connectivity index (χ3v) is 3.73. The predicted molar refractivity (Wildman–Crippen MR) is 76.6 cm³/mol. The van der Waals surface area contributed by atoms with E-state index in [1.54, 1.807) is 6.26 Å². The molecule has 3 nitrogen and oxygen atoms in total. The first kappa shape index (κ1) is 12.5. The van der Waals surface area contributed by atoms with E-state index < -0.39 is 0 Å². The highest BCUT2D eigenvalue weighted by molar-refractivity contribution is 5.78. The molecule has 3 heteroatoms. The number of hydrogen-bond acceptors (Lipinski definition) is 3. The van der Waals surface area contributed by atoms with Crippen LogP contribution in [0.2, 0.25) is 0 Å². The van der Waals surface area contributed by atoms with Crippen molar-refractivity contribution < 1.29 is 9.15 Å². The van der Waals surface area contributed by atoms with Gasteiger partial charge in [0.25, 0.3) is 0 Å². The van der Waals surface area contributed by atoms with Gasteiger partial charge in [-0.05, 0) is 51.1 Å². The second-order valence-electron chi connectivity index (χ2n) is 5.41. The highest BCUT2D eigenvalue weighted by atomic mass is 16.5. The highest BCUT2D eigenvalue weighted by Gasteiger charge is 2.14. The van der Waals surface area contributed by atoms with Crippen molar-refractivity contribution in [3.63, 3.8) is 0 Å². The first-order chi connectivity index (χ1) is 9.31. The van der Waals surface area contributed by atoms with Crippen LogP contribution in [0.15, 0.2) is 34.9 Å². The smallest absolute Gasteiger partial charge is 0.137 e. The monoisotopic (exact) mass is 259 g/mol. The summed E-state index contributed by atoms with van der Waals surface area (Å²) in [5.74, 6) is 0.895. The van der Waals surface area contributed by atoms with Crippen molar-refractivity contribution in [2.24, 2.45) is 0 Å².